The van der Waals surface area contributed by atoms with Crippen LogP contribution in [0, 0.1) is 17.5 Å². The van der Waals surface area contributed by atoms with Crippen LogP contribution in [0.1, 0.15) is 41.9 Å². The van der Waals surface area contributed by atoms with Gasteiger partial charge in [0.05, 0.1) is 16.8 Å². The van der Waals surface area contributed by atoms with Crippen molar-refractivity contribution >= 4 is 22.6 Å². The lowest BCUT2D eigenvalue weighted by molar-refractivity contribution is -0.137. The molecular weight excluding hydrogens is 504 g/mol. The van der Waals surface area contributed by atoms with E-state index >= 15 is 0 Å². The first-order valence-corrected chi connectivity index (χ1v) is 11.3. The number of rotatable bonds is 5. The van der Waals surface area contributed by atoms with Crippen molar-refractivity contribution in [3.05, 3.63) is 59.6 Å². The van der Waals surface area contributed by atoms with E-state index in [2.05, 4.69) is 35.8 Å². The van der Waals surface area contributed by atoms with Crippen molar-refractivity contribution < 1.29 is 31.1 Å². The number of halogens is 6. The third-order valence-electron chi connectivity index (χ3n) is 6.22. The van der Waals surface area contributed by atoms with Crippen LogP contribution in [-0.4, -0.2) is 43.1 Å². The lowest BCUT2D eigenvalue weighted by Gasteiger charge is -2.30. The summed E-state index contributed by atoms with van der Waals surface area (Å²) in [4.78, 5) is 22.5. The zero-order valence-corrected chi connectivity index (χ0v) is 18.9. The molecule has 3 aromatic heterocycles. The number of hydrogen-bond donors (Lipinski definition) is 4. The van der Waals surface area contributed by atoms with Gasteiger partial charge in [-0.3, -0.25) is 9.89 Å². The van der Waals surface area contributed by atoms with Crippen LogP contribution in [0.5, 0.6) is 0 Å². The van der Waals surface area contributed by atoms with Gasteiger partial charge in [0.2, 0.25) is 5.82 Å². The summed E-state index contributed by atoms with van der Waals surface area (Å²) < 4.78 is 84.3. The molecule has 0 spiro atoms. The highest BCUT2D eigenvalue weighted by Gasteiger charge is 2.37. The van der Waals surface area contributed by atoms with Crippen molar-refractivity contribution in [3.63, 3.8) is 0 Å². The van der Waals surface area contributed by atoms with Crippen molar-refractivity contribution in [3.8, 4) is 11.3 Å². The molecule has 0 unspecified atom stereocenters. The van der Waals surface area contributed by atoms with Crippen LogP contribution in [-0.2, 0) is 6.18 Å². The number of carbonyl (C=O) groups excluding carboxylic acids is 1. The molecule has 4 aromatic rings. The minimum atomic E-state index is -4.99. The number of amides is 1. The number of alkyl halides is 3. The largest absolute Gasteiger partial charge is 0.418 e. The van der Waals surface area contributed by atoms with Gasteiger partial charge in [-0.25, -0.2) is 23.1 Å². The van der Waals surface area contributed by atoms with E-state index in [1.165, 1.54) is 6.33 Å². The fourth-order valence-corrected chi connectivity index (χ4v) is 4.58. The highest BCUT2D eigenvalue weighted by atomic mass is 19.4. The van der Waals surface area contributed by atoms with E-state index in [-0.39, 0.29) is 28.3 Å². The molecule has 194 valence electrons. The number of pyridine rings is 1. The van der Waals surface area contributed by atoms with E-state index in [4.69, 9.17) is 0 Å². The predicted molar refractivity (Wildman–Crippen MR) is 120 cm³/mol. The van der Waals surface area contributed by atoms with E-state index in [1.54, 1.807) is 0 Å². The van der Waals surface area contributed by atoms with Crippen molar-refractivity contribution in [2.24, 2.45) is 0 Å². The molecule has 1 fully saturated rings. The minimum Gasteiger partial charge on any atom is -0.365 e. The standard InChI is InChI=1S/C23H19F6N7O/c24-10-4-13-14(8-30-19(13)16(25)5-10)18-15(23(27,28)29)7-17(26)20(35-18)33-11-2-1-3-12(6-11)34-22(37)21-31-9-32-36-21/h4-5,7-9,11-12,30H,1-3,6H2,(H,33,35)(H,34,37)(H,31,32,36)/t11-,12+/m1/s1. The fourth-order valence-electron chi connectivity index (χ4n) is 4.58. The van der Waals surface area contributed by atoms with Gasteiger partial charge in [0, 0.05) is 35.3 Å². The molecule has 3 heterocycles. The van der Waals surface area contributed by atoms with Crippen LogP contribution in [0.15, 0.2) is 30.7 Å². The zero-order valence-electron chi connectivity index (χ0n) is 18.9. The molecule has 0 saturated heterocycles. The van der Waals surface area contributed by atoms with Gasteiger partial charge in [0.25, 0.3) is 5.91 Å². The maximum atomic E-state index is 14.9. The highest BCUT2D eigenvalue weighted by Crippen LogP contribution is 2.41. The van der Waals surface area contributed by atoms with Gasteiger partial charge in [-0.15, -0.1) is 0 Å². The molecule has 1 saturated carbocycles. The molecule has 0 aliphatic heterocycles. The molecule has 1 aromatic carbocycles. The molecule has 1 aliphatic carbocycles. The van der Waals surface area contributed by atoms with Crippen LogP contribution < -0.4 is 10.6 Å². The van der Waals surface area contributed by atoms with E-state index in [1.807, 2.05) is 0 Å². The smallest absolute Gasteiger partial charge is 0.365 e. The third kappa shape index (κ3) is 4.95. The molecule has 0 radical (unpaired) electrons. The van der Waals surface area contributed by atoms with Crippen molar-refractivity contribution in [2.75, 3.05) is 5.32 Å². The number of aromatic amines is 2. The number of hydrogen-bond acceptors (Lipinski definition) is 5. The Labute approximate surface area is 204 Å². The van der Waals surface area contributed by atoms with Crippen LogP contribution in [0.2, 0.25) is 0 Å². The van der Waals surface area contributed by atoms with Gasteiger partial charge in [-0.1, -0.05) is 0 Å². The minimum absolute atomic E-state index is 0.0294. The zero-order chi connectivity index (χ0) is 26.3. The number of benzene rings is 1. The Balaban J connectivity index is 1.45. The number of aromatic nitrogens is 5. The van der Waals surface area contributed by atoms with Crippen LogP contribution in [0.25, 0.3) is 22.2 Å². The summed E-state index contributed by atoms with van der Waals surface area (Å²) >= 11 is 0. The fraction of sp³-hybridized carbons (Fsp3) is 0.304. The average molecular weight is 523 g/mol. The quantitative estimate of drug-likeness (QED) is 0.277. The number of nitrogens with zero attached hydrogens (tertiary/aromatic N) is 3. The average Bonchev–Trinajstić information content (AvgIpc) is 3.50. The summed E-state index contributed by atoms with van der Waals surface area (Å²) in [6.45, 7) is 0. The number of fused-ring (bicyclic) bond motifs is 1. The highest BCUT2D eigenvalue weighted by molar-refractivity contribution is 5.96. The van der Waals surface area contributed by atoms with E-state index in [0.717, 1.165) is 12.3 Å². The third-order valence-corrected chi connectivity index (χ3v) is 6.22. The van der Waals surface area contributed by atoms with Gasteiger partial charge in [0.1, 0.15) is 18.0 Å². The number of anilines is 1. The molecule has 0 bridgehead atoms. The summed E-state index contributed by atoms with van der Waals surface area (Å²) in [7, 11) is 0. The molecule has 2 atom stereocenters. The molecular formula is C23H19F6N7O. The number of H-pyrrole nitrogens is 2. The second-order valence-corrected chi connectivity index (χ2v) is 8.74. The Kier molecular flexibility index (Phi) is 6.25. The maximum absolute atomic E-state index is 14.9. The van der Waals surface area contributed by atoms with E-state index in [0.29, 0.717) is 37.8 Å². The summed E-state index contributed by atoms with van der Waals surface area (Å²) in [5.41, 5.74) is -2.51. The SMILES string of the molecule is O=C(N[C@H]1CCC[C@@H](Nc2nc(-c3c[nH]c4c(F)cc(F)cc34)c(C(F)(F)F)cc2F)C1)c1ncn[nH]1. The summed E-state index contributed by atoms with van der Waals surface area (Å²) in [5, 5.41) is 11.5. The van der Waals surface area contributed by atoms with Crippen LogP contribution in [0.4, 0.5) is 32.2 Å². The van der Waals surface area contributed by atoms with Gasteiger partial charge in [-0.05, 0) is 37.8 Å². The summed E-state index contributed by atoms with van der Waals surface area (Å²) in [6.07, 6.45) is -0.544. The van der Waals surface area contributed by atoms with Crippen molar-refractivity contribution in [2.45, 2.75) is 43.9 Å². The van der Waals surface area contributed by atoms with Gasteiger partial charge in [-0.2, -0.15) is 18.3 Å². The van der Waals surface area contributed by atoms with E-state index < -0.39 is 52.7 Å². The molecule has 37 heavy (non-hydrogen) atoms. The predicted octanol–water partition coefficient (Wildman–Crippen LogP) is 4.94. The Hall–Kier alpha value is -4.10. The number of carbonyl (C=O) groups is 1. The van der Waals surface area contributed by atoms with Crippen LogP contribution in [0.3, 0.4) is 0 Å². The lowest BCUT2D eigenvalue weighted by Crippen LogP contribution is -2.42. The monoisotopic (exact) mass is 523 g/mol. The van der Waals surface area contributed by atoms with E-state index in [9.17, 15) is 31.1 Å². The molecule has 1 aliphatic rings. The Morgan fingerprint density at radius 1 is 1.05 bits per heavy atom. The summed E-state index contributed by atoms with van der Waals surface area (Å²) in [6, 6.07) is 1.06. The van der Waals surface area contributed by atoms with Crippen LogP contribution >= 0.6 is 0 Å². The topological polar surface area (TPSA) is 111 Å². The van der Waals surface area contributed by atoms with Crippen molar-refractivity contribution in [1.82, 2.24) is 30.5 Å². The van der Waals surface area contributed by atoms with Gasteiger partial charge >= 0.3 is 6.18 Å². The molecule has 14 heteroatoms. The molecule has 4 N–H and O–H groups in total. The Morgan fingerprint density at radius 3 is 2.57 bits per heavy atom. The second kappa shape index (κ2) is 9.41. The normalized spacial score (nSPS) is 18.2. The lowest BCUT2D eigenvalue weighted by atomic mass is 9.91. The van der Waals surface area contributed by atoms with Crippen molar-refractivity contribution in [1.29, 1.82) is 0 Å². The Morgan fingerprint density at radius 2 is 1.84 bits per heavy atom. The van der Waals surface area contributed by atoms with Gasteiger partial charge in [0.15, 0.2) is 11.6 Å². The molecule has 8 nitrogen and oxygen atoms in total. The Bertz CT molecular complexity index is 1450. The molecule has 1 amide bonds. The summed E-state index contributed by atoms with van der Waals surface area (Å²) in [5.74, 6) is -4.09. The first-order chi connectivity index (χ1) is 17.6. The first kappa shape index (κ1) is 24.6. The second-order valence-electron chi connectivity index (χ2n) is 8.74. The van der Waals surface area contributed by atoms with Gasteiger partial charge < -0.3 is 15.6 Å². The molecule has 5 rings (SSSR count). The first-order valence-electron chi connectivity index (χ1n) is 11.3. The maximum Gasteiger partial charge on any atom is 0.418 e. The number of nitrogens with one attached hydrogen (secondary N) is 4.